The van der Waals surface area contributed by atoms with Crippen LogP contribution < -0.4 is 14.9 Å². The Bertz CT molecular complexity index is 1880. The maximum atomic E-state index is 12.7. The molecule has 4 rings (SSSR count). The Kier molecular flexibility index (Phi) is 12.4. The smallest absolute Gasteiger partial charge is 0.411 e. The van der Waals surface area contributed by atoms with Gasteiger partial charge in [0.05, 0.1) is 29.4 Å². The van der Waals surface area contributed by atoms with Crippen molar-refractivity contribution in [2.24, 2.45) is 15.5 Å². The molecule has 2 heterocycles. The highest BCUT2D eigenvalue weighted by Gasteiger charge is 2.35. The number of aliphatic carboxylic acids is 1. The molecule has 0 atom stereocenters. The van der Waals surface area contributed by atoms with Crippen molar-refractivity contribution in [3.05, 3.63) is 47.8 Å². The normalized spacial score (nSPS) is 13.6. The molecule has 0 bridgehead atoms. The summed E-state index contributed by atoms with van der Waals surface area (Å²) in [4.78, 5) is 37.1. The molecule has 2 aromatic carbocycles. The second kappa shape index (κ2) is 16.3. The zero-order valence-corrected chi connectivity index (χ0v) is 30.7. The number of aromatic nitrogens is 3. The van der Waals surface area contributed by atoms with Crippen LogP contribution in [-0.4, -0.2) is 77.3 Å². The Balaban J connectivity index is 1.79. The first-order chi connectivity index (χ1) is 23.7. The van der Waals surface area contributed by atoms with E-state index in [0.29, 0.717) is 78.0 Å². The van der Waals surface area contributed by atoms with Gasteiger partial charge < -0.3 is 14.7 Å². The summed E-state index contributed by atoms with van der Waals surface area (Å²) in [6, 6.07) is 10.9. The number of nitrogens with zero attached hydrogens (tertiary/aromatic N) is 6. The largest absolute Gasteiger partial charge is 0.481 e. The molecule has 0 saturated heterocycles. The van der Waals surface area contributed by atoms with Gasteiger partial charge in [-0.2, -0.15) is 5.10 Å². The van der Waals surface area contributed by atoms with E-state index in [0.717, 1.165) is 17.7 Å². The van der Waals surface area contributed by atoms with Crippen molar-refractivity contribution in [2.75, 3.05) is 40.4 Å². The number of carboxylic acids is 1. The fourth-order valence-corrected chi connectivity index (χ4v) is 6.60. The first kappa shape index (κ1) is 38.0. The van der Waals surface area contributed by atoms with Crippen LogP contribution >= 0.6 is 0 Å². The van der Waals surface area contributed by atoms with Gasteiger partial charge in [-0.15, -0.1) is 9.89 Å². The third-order valence-electron chi connectivity index (χ3n) is 7.92. The summed E-state index contributed by atoms with van der Waals surface area (Å²) in [6.45, 7) is 15.0. The molecule has 3 N–H and O–H groups in total. The minimum Gasteiger partial charge on any atom is -0.481 e. The van der Waals surface area contributed by atoms with Gasteiger partial charge in [-0.05, 0) is 75.1 Å². The molecule has 14 nitrogen and oxygen atoms in total. The summed E-state index contributed by atoms with van der Waals surface area (Å²) in [5.74, 6) is -0.0713. The fraction of sp³-hybridized carbons (Fsp3) is 0.486. The number of sulfonamides is 1. The molecule has 1 aromatic heterocycles. The number of hydrogen-bond acceptors (Lipinski definition) is 10. The molecule has 0 aliphatic carbocycles. The highest BCUT2D eigenvalue weighted by Crippen LogP contribution is 2.34. The topological polar surface area (TPSA) is 180 Å². The highest BCUT2D eigenvalue weighted by molar-refractivity contribution is 7.92. The average molecular weight is 709 g/mol. The summed E-state index contributed by atoms with van der Waals surface area (Å²) in [5, 5.41) is 21.4. The third-order valence-corrected chi connectivity index (χ3v) is 9.29. The van der Waals surface area contributed by atoms with Gasteiger partial charge in [-0.25, -0.2) is 23.2 Å². The number of amides is 1. The van der Waals surface area contributed by atoms with Crippen LogP contribution in [0.15, 0.2) is 46.5 Å². The van der Waals surface area contributed by atoms with Gasteiger partial charge in [-0.1, -0.05) is 41.0 Å². The summed E-state index contributed by atoms with van der Waals surface area (Å²) in [7, 11) is -3.52. The molecular formula is C35H48N8O6S. The molecule has 0 radical (unpaired) electrons. The van der Waals surface area contributed by atoms with Crippen LogP contribution in [0.1, 0.15) is 85.5 Å². The third kappa shape index (κ3) is 9.67. The molecule has 1 amide bonds. The van der Waals surface area contributed by atoms with Crippen molar-refractivity contribution in [1.82, 2.24) is 14.9 Å². The summed E-state index contributed by atoms with van der Waals surface area (Å²) >= 11 is 0. The number of carboxylic acid groups (broad SMARTS) is 1. The second-order valence-electron chi connectivity index (χ2n) is 13.0. The molecule has 3 aromatic rings. The van der Waals surface area contributed by atoms with E-state index in [4.69, 9.17) is 24.9 Å². The minimum atomic E-state index is -3.52. The van der Waals surface area contributed by atoms with Crippen LogP contribution in [0, 0.1) is 5.41 Å². The number of carbonyl (C=O) groups excluding carboxylic acids is 1. The van der Waals surface area contributed by atoms with Crippen LogP contribution in [0.25, 0.3) is 11.4 Å². The Morgan fingerprint density at radius 2 is 1.82 bits per heavy atom. The van der Waals surface area contributed by atoms with Gasteiger partial charge in [0.15, 0.2) is 5.82 Å². The minimum absolute atomic E-state index is 0.0333. The highest BCUT2D eigenvalue weighted by atomic mass is 32.2. The fourth-order valence-electron chi connectivity index (χ4n) is 5.36. The first-order valence-electron chi connectivity index (χ1n) is 17.0. The van der Waals surface area contributed by atoms with E-state index in [1.54, 1.807) is 25.1 Å². The summed E-state index contributed by atoms with van der Waals surface area (Å²) < 4.78 is 33.3. The molecular weight excluding hydrogens is 661 g/mol. The standard InChI is InChI=1S/C35H48N8O6S/c1-8-12-18-50(47,48)41-25-20-23(9-2)19-24(21-25)32-38-33-30(31(35(5,6)7)39-43(33)40-32)36-27-16-15-26(22-28(27)37-34(46)49-11-4)42(10-3)17-13-14-29(44)45/h15-16,19-22,41H,8-14,17-18H2,1-7H3,(H,37,46)(H,44,45)/b36-30-. The molecule has 1 aliphatic heterocycles. The Hall–Kier alpha value is -4.79. The number of anilines is 3. The quantitative estimate of drug-likeness (QED) is 0.146. The summed E-state index contributed by atoms with van der Waals surface area (Å²) in [6.07, 6.45) is 1.87. The van der Waals surface area contributed by atoms with Gasteiger partial charge >= 0.3 is 12.1 Å². The lowest BCUT2D eigenvalue weighted by Crippen LogP contribution is -2.27. The van der Waals surface area contributed by atoms with Gasteiger partial charge in [0.25, 0.3) is 0 Å². The van der Waals surface area contributed by atoms with Crippen LogP contribution in [-0.2, 0) is 26.0 Å². The number of ether oxygens (including phenoxy) is 1. The van der Waals surface area contributed by atoms with Crippen molar-refractivity contribution in [1.29, 1.82) is 0 Å². The Morgan fingerprint density at radius 1 is 1.06 bits per heavy atom. The van der Waals surface area contributed by atoms with E-state index >= 15 is 0 Å². The SMILES string of the molecule is CCCCS(=O)(=O)Nc1cc(CC)cc(-c2nc3n(n2)N=C(C(C)(C)C)/C3=N/c2ccc(N(CC)CCCC(=O)O)cc2NC(=O)OCC)c1. The monoisotopic (exact) mass is 708 g/mol. The number of unbranched alkanes of at least 4 members (excludes halogenated alkanes) is 1. The van der Waals surface area contributed by atoms with Gasteiger partial charge in [0.2, 0.25) is 15.8 Å². The lowest BCUT2D eigenvalue weighted by Gasteiger charge is -2.24. The van der Waals surface area contributed by atoms with Gasteiger partial charge in [0, 0.05) is 41.9 Å². The van der Waals surface area contributed by atoms with E-state index in [9.17, 15) is 18.0 Å². The molecule has 15 heteroatoms. The molecule has 0 saturated carbocycles. The van der Waals surface area contributed by atoms with Crippen molar-refractivity contribution in [3.63, 3.8) is 0 Å². The maximum absolute atomic E-state index is 12.7. The molecule has 0 unspecified atom stereocenters. The number of carbonyl (C=O) groups is 2. The van der Waals surface area contributed by atoms with Crippen LogP contribution in [0.4, 0.5) is 27.5 Å². The number of hydrogen-bond donors (Lipinski definition) is 3. The van der Waals surface area contributed by atoms with Crippen LogP contribution in [0.5, 0.6) is 0 Å². The van der Waals surface area contributed by atoms with E-state index in [1.807, 2.05) is 64.6 Å². The van der Waals surface area contributed by atoms with E-state index in [-0.39, 0.29) is 18.8 Å². The number of aryl methyl sites for hydroxylation is 1. The Labute approximate surface area is 294 Å². The molecule has 50 heavy (non-hydrogen) atoms. The molecule has 270 valence electrons. The van der Waals surface area contributed by atoms with Gasteiger partial charge in [-0.3, -0.25) is 14.8 Å². The zero-order chi connectivity index (χ0) is 36.6. The summed E-state index contributed by atoms with van der Waals surface area (Å²) in [5.41, 5.74) is 4.25. The van der Waals surface area contributed by atoms with Crippen molar-refractivity contribution in [2.45, 2.75) is 80.6 Å². The number of nitrogens with one attached hydrogen (secondary N) is 2. The van der Waals surface area contributed by atoms with E-state index < -0.39 is 27.5 Å². The maximum Gasteiger partial charge on any atom is 0.411 e. The van der Waals surface area contributed by atoms with Crippen molar-refractivity contribution >= 4 is 56.3 Å². The average Bonchev–Trinajstić information content (AvgIpc) is 3.62. The first-order valence-corrected chi connectivity index (χ1v) is 18.7. The predicted molar refractivity (Wildman–Crippen MR) is 197 cm³/mol. The predicted octanol–water partition coefficient (Wildman–Crippen LogP) is 6.69. The van der Waals surface area contributed by atoms with Crippen molar-refractivity contribution < 1.29 is 27.9 Å². The second-order valence-corrected chi connectivity index (χ2v) is 14.8. The number of benzene rings is 2. The Morgan fingerprint density at radius 3 is 2.46 bits per heavy atom. The number of fused-ring (bicyclic) bond motifs is 1. The van der Waals surface area contributed by atoms with Crippen LogP contribution in [0.2, 0.25) is 0 Å². The lowest BCUT2D eigenvalue weighted by atomic mass is 9.87. The van der Waals surface area contributed by atoms with Gasteiger partial charge in [0.1, 0.15) is 5.71 Å². The zero-order valence-electron chi connectivity index (χ0n) is 29.9. The molecule has 1 aliphatic rings. The lowest BCUT2D eigenvalue weighted by molar-refractivity contribution is -0.137. The number of aliphatic imine (C=N–C) groups is 1. The number of rotatable bonds is 16. The van der Waals surface area contributed by atoms with Crippen LogP contribution in [0.3, 0.4) is 0 Å². The van der Waals surface area contributed by atoms with Crippen molar-refractivity contribution in [3.8, 4) is 11.4 Å². The molecule has 0 fully saturated rings. The van der Waals surface area contributed by atoms with E-state index in [2.05, 4.69) is 15.1 Å². The van der Waals surface area contributed by atoms with E-state index in [1.165, 1.54) is 4.79 Å². The molecule has 0 spiro atoms.